The lowest BCUT2D eigenvalue weighted by Gasteiger charge is -2.25. The molecule has 0 spiro atoms. The number of likely N-dealkylation sites (tertiary alicyclic amines) is 1. The summed E-state index contributed by atoms with van der Waals surface area (Å²) < 4.78 is 6.76. The van der Waals surface area contributed by atoms with Crippen molar-refractivity contribution in [3.05, 3.63) is 135 Å². The summed E-state index contributed by atoms with van der Waals surface area (Å²) in [6.45, 7) is 2.65. The molecule has 190 valence electrons. The molecule has 4 aromatic rings. The Kier molecular flexibility index (Phi) is 7.38. The summed E-state index contributed by atoms with van der Waals surface area (Å²) in [6, 6.07) is 25.2. The standard InChI is InChI=1S/C31H25BrN2O4/c1-20-3-2-4-22(17-20)19-38-26-11-7-24(8-12-26)29(35)27-28(23-5-9-25(32)10-6-23)34(31(37)30(27)36)18-21-13-15-33-16-14-21/h2-17,28,35H,18-19H2,1H3/t28-/m1/s1. The third kappa shape index (κ3) is 5.38. The van der Waals surface area contributed by atoms with E-state index < -0.39 is 17.7 Å². The fraction of sp³-hybridized carbons (Fsp3) is 0.129. The van der Waals surface area contributed by atoms with Crippen LogP contribution in [0.15, 0.2) is 107 Å². The molecule has 1 N–H and O–H groups in total. The minimum Gasteiger partial charge on any atom is -0.507 e. The van der Waals surface area contributed by atoms with Crippen molar-refractivity contribution in [3.8, 4) is 5.75 Å². The number of ketones is 1. The second-order valence-electron chi connectivity index (χ2n) is 9.14. The summed E-state index contributed by atoms with van der Waals surface area (Å²) in [4.78, 5) is 32.0. The zero-order valence-corrected chi connectivity index (χ0v) is 22.3. The van der Waals surface area contributed by atoms with Crippen LogP contribution in [0, 0.1) is 6.92 Å². The number of nitrogens with zero attached hydrogens (tertiary/aromatic N) is 2. The van der Waals surface area contributed by atoms with Crippen LogP contribution in [-0.2, 0) is 22.7 Å². The van der Waals surface area contributed by atoms with Crippen molar-refractivity contribution in [1.82, 2.24) is 9.88 Å². The number of halogens is 1. The first-order valence-electron chi connectivity index (χ1n) is 12.1. The van der Waals surface area contributed by atoms with Crippen LogP contribution in [0.4, 0.5) is 0 Å². The van der Waals surface area contributed by atoms with E-state index in [1.807, 2.05) is 49.4 Å². The fourth-order valence-corrected chi connectivity index (χ4v) is 4.82. The van der Waals surface area contributed by atoms with Gasteiger partial charge in [-0.15, -0.1) is 0 Å². The Morgan fingerprint density at radius 2 is 1.66 bits per heavy atom. The molecule has 1 aromatic heterocycles. The number of aliphatic hydroxyl groups excluding tert-OH is 1. The van der Waals surface area contributed by atoms with E-state index in [9.17, 15) is 14.7 Å². The molecule has 38 heavy (non-hydrogen) atoms. The van der Waals surface area contributed by atoms with E-state index >= 15 is 0 Å². The summed E-state index contributed by atoms with van der Waals surface area (Å²) in [5.74, 6) is -0.969. The van der Waals surface area contributed by atoms with Gasteiger partial charge in [0.1, 0.15) is 18.1 Å². The Labute approximate surface area is 229 Å². The summed E-state index contributed by atoms with van der Waals surface area (Å²) >= 11 is 3.44. The molecule has 0 radical (unpaired) electrons. The van der Waals surface area contributed by atoms with Gasteiger partial charge >= 0.3 is 0 Å². The Morgan fingerprint density at radius 3 is 2.34 bits per heavy atom. The lowest BCUT2D eigenvalue weighted by molar-refractivity contribution is -0.140. The maximum Gasteiger partial charge on any atom is 0.295 e. The number of aliphatic hydroxyl groups is 1. The number of carbonyl (C=O) groups excluding carboxylic acids is 2. The van der Waals surface area contributed by atoms with Crippen LogP contribution in [0.2, 0.25) is 0 Å². The number of rotatable bonds is 7. The van der Waals surface area contributed by atoms with Gasteiger partial charge in [0, 0.05) is 29.0 Å². The first-order valence-corrected chi connectivity index (χ1v) is 12.9. The number of aromatic nitrogens is 1. The molecule has 1 atom stereocenters. The van der Waals surface area contributed by atoms with Crippen molar-refractivity contribution in [3.63, 3.8) is 0 Å². The number of amides is 1. The fourth-order valence-electron chi connectivity index (χ4n) is 4.55. The number of hydrogen-bond donors (Lipinski definition) is 1. The van der Waals surface area contributed by atoms with Crippen LogP contribution in [-0.4, -0.2) is 26.7 Å². The van der Waals surface area contributed by atoms with Gasteiger partial charge < -0.3 is 14.7 Å². The molecule has 0 saturated carbocycles. The highest BCUT2D eigenvalue weighted by Gasteiger charge is 2.46. The first-order chi connectivity index (χ1) is 18.4. The van der Waals surface area contributed by atoms with Crippen molar-refractivity contribution in [2.75, 3.05) is 0 Å². The van der Waals surface area contributed by atoms with E-state index in [2.05, 4.69) is 27.0 Å². The van der Waals surface area contributed by atoms with E-state index in [4.69, 9.17) is 4.74 Å². The molecule has 0 bridgehead atoms. The monoisotopic (exact) mass is 568 g/mol. The number of ether oxygens (including phenoxy) is 1. The molecule has 5 rings (SSSR count). The zero-order chi connectivity index (χ0) is 26.6. The van der Waals surface area contributed by atoms with E-state index in [0.717, 1.165) is 26.7 Å². The minimum absolute atomic E-state index is 0.0554. The van der Waals surface area contributed by atoms with Crippen LogP contribution in [0.25, 0.3) is 5.76 Å². The summed E-state index contributed by atoms with van der Waals surface area (Å²) in [5.41, 5.74) is 4.25. The highest BCUT2D eigenvalue weighted by Crippen LogP contribution is 2.40. The van der Waals surface area contributed by atoms with Crippen LogP contribution < -0.4 is 4.74 Å². The lowest BCUT2D eigenvalue weighted by atomic mass is 9.95. The number of hydrogen-bond acceptors (Lipinski definition) is 5. The average molecular weight is 569 g/mol. The van der Waals surface area contributed by atoms with Gasteiger partial charge in [-0.3, -0.25) is 14.6 Å². The quantitative estimate of drug-likeness (QED) is 0.159. The molecule has 6 nitrogen and oxygen atoms in total. The maximum absolute atomic E-state index is 13.3. The van der Waals surface area contributed by atoms with Gasteiger partial charge in [0.2, 0.25) is 0 Å². The SMILES string of the molecule is Cc1cccc(COc2ccc(C(O)=C3C(=O)C(=O)N(Cc4ccncc4)[C@@H]3c3ccc(Br)cc3)cc2)c1. The molecule has 2 heterocycles. The molecule has 3 aromatic carbocycles. The number of aryl methyl sites for hydroxylation is 1. The van der Waals surface area contributed by atoms with Crippen molar-refractivity contribution in [2.24, 2.45) is 0 Å². The van der Waals surface area contributed by atoms with Crippen LogP contribution in [0.3, 0.4) is 0 Å². The van der Waals surface area contributed by atoms with Crippen molar-refractivity contribution < 1.29 is 19.4 Å². The van der Waals surface area contributed by atoms with Crippen molar-refractivity contribution >= 4 is 33.4 Å². The van der Waals surface area contributed by atoms with E-state index in [1.165, 1.54) is 4.90 Å². The van der Waals surface area contributed by atoms with Gasteiger partial charge in [0.25, 0.3) is 11.7 Å². The molecule has 0 unspecified atom stereocenters. The molecular weight excluding hydrogens is 544 g/mol. The van der Waals surface area contributed by atoms with E-state index in [-0.39, 0.29) is 17.9 Å². The van der Waals surface area contributed by atoms with Gasteiger partial charge in [0.05, 0.1) is 11.6 Å². The molecular formula is C31H25BrN2O4. The molecule has 1 aliphatic rings. The molecule has 0 aliphatic carbocycles. The first kappa shape index (κ1) is 25.4. The Hall–Kier alpha value is -4.23. The number of benzene rings is 3. The highest BCUT2D eigenvalue weighted by molar-refractivity contribution is 9.10. The lowest BCUT2D eigenvalue weighted by Crippen LogP contribution is -2.29. The average Bonchev–Trinajstić information content (AvgIpc) is 3.18. The smallest absolute Gasteiger partial charge is 0.295 e. The second-order valence-corrected chi connectivity index (χ2v) is 10.1. The van der Waals surface area contributed by atoms with E-state index in [0.29, 0.717) is 17.9 Å². The number of pyridine rings is 1. The molecule has 1 aliphatic heterocycles. The summed E-state index contributed by atoms with van der Waals surface area (Å²) in [6.07, 6.45) is 3.28. The Bertz CT molecular complexity index is 1500. The topological polar surface area (TPSA) is 79.7 Å². The van der Waals surface area contributed by atoms with Crippen LogP contribution in [0.1, 0.15) is 33.9 Å². The Balaban J connectivity index is 1.47. The zero-order valence-electron chi connectivity index (χ0n) is 20.7. The molecule has 1 fully saturated rings. The Morgan fingerprint density at radius 1 is 0.947 bits per heavy atom. The summed E-state index contributed by atoms with van der Waals surface area (Å²) in [5, 5.41) is 11.3. The third-order valence-corrected chi connectivity index (χ3v) is 6.97. The predicted octanol–water partition coefficient (Wildman–Crippen LogP) is 6.35. The molecule has 1 amide bonds. The largest absolute Gasteiger partial charge is 0.507 e. The normalized spacial score (nSPS) is 16.6. The minimum atomic E-state index is -0.742. The third-order valence-electron chi connectivity index (χ3n) is 6.44. The van der Waals surface area contributed by atoms with Crippen LogP contribution in [0.5, 0.6) is 5.75 Å². The van der Waals surface area contributed by atoms with Crippen molar-refractivity contribution in [1.29, 1.82) is 0 Å². The van der Waals surface area contributed by atoms with Gasteiger partial charge in [-0.05, 0) is 72.1 Å². The summed E-state index contributed by atoms with van der Waals surface area (Å²) in [7, 11) is 0. The van der Waals surface area contributed by atoms with Gasteiger partial charge in [-0.1, -0.05) is 57.9 Å². The van der Waals surface area contributed by atoms with Crippen LogP contribution >= 0.6 is 15.9 Å². The number of carbonyl (C=O) groups is 2. The number of Topliss-reactive ketones (excluding diaryl/α,β-unsaturated/α-hetero) is 1. The maximum atomic E-state index is 13.3. The highest BCUT2D eigenvalue weighted by atomic mass is 79.9. The molecule has 7 heteroatoms. The molecule has 1 saturated heterocycles. The van der Waals surface area contributed by atoms with Gasteiger partial charge in [-0.2, -0.15) is 0 Å². The van der Waals surface area contributed by atoms with Crippen molar-refractivity contribution in [2.45, 2.75) is 26.1 Å². The predicted molar refractivity (Wildman–Crippen MR) is 148 cm³/mol. The van der Waals surface area contributed by atoms with Gasteiger partial charge in [-0.25, -0.2) is 0 Å². The van der Waals surface area contributed by atoms with Gasteiger partial charge in [0.15, 0.2) is 0 Å². The second kappa shape index (κ2) is 11.0. The van der Waals surface area contributed by atoms with E-state index in [1.54, 1.807) is 48.8 Å².